The highest BCUT2D eigenvalue weighted by atomic mass is 16.7. The summed E-state index contributed by atoms with van der Waals surface area (Å²) in [5.74, 6) is -0.610. The summed E-state index contributed by atoms with van der Waals surface area (Å²) >= 11 is 0. The largest absolute Gasteiger partial charge is 0.513 e. The predicted octanol–water partition coefficient (Wildman–Crippen LogP) is 3.74. The summed E-state index contributed by atoms with van der Waals surface area (Å²) in [4.78, 5) is 50.6. The number of carbonyl (C=O) groups is 4. The van der Waals surface area contributed by atoms with Crippen molar-refractivity contribution >= 4 is 29.6 Å². The molecule has 186 valence electrons. The Kier molecular flexibility index (Phi) is 8.11. The summed E-state index contributed by atoms with van der Waals surface area (Å²) in [5, 5.41) is 5.71. The van der Waals surface area contributed by atoms with E-state index in [1.165, 1.54) is 24.3 Å². The van der Waals surface area contributed by atoms with Crippen LogP contribution in [0.15, 0.2) is 48.5 Å². The van der Waals surface area contributed by atoms with E-state index in [0.717, 1.165) is 5.56 Å². The smallest absolute Gasteiger partial charge is 0.434 e. The van der Waals surface area contributed by atoms with Crippen LogP contribution in [0, 0.1) is 5.92 Å². The van der Waals surface area contributed by atoms with E-state index < -0.39 is 6.16 Å². The number of hydrogen-bond acceptors (Lipinski definition) is 6. The van der Waals surface area contributed by atoms with E-state index in [0.29, 0.717) is 17.8 Å². The van der Waals surface area contributed by atoms with Gasteiger partial charge in [-0.15, -0.1) is 0 Å². The van der Waals surface area contributed by atoms with Crippen LogP contribution >= 0.6 is 0 Å². The monoisotopic (exact) mass is 481 g/mol. The van der Waals surface area contributed by atoms with Gasteiger partial charge in [0.15, 0.2) is 0 Å². The van der Waals surface area contributed by atoms with Gasteiger partial charge in [-0.25, -0.2) is 4.79 Å². The molecule has 1 aliphatic rings. The summed E-state index contributed by atoms with van der Waals surface area (Å²) in [5.41, 5.74) is 1.46. The average Bonchev–Trinajstić information content (AvgIpc) is 3.21. The number of benzene rings is 2. The lowest BCUT2D eigenvalue weighted by Gasteiger charge is -2.31. The van der Waals surface area contributed by atoms with Crippen molar-refractivity contribution in [2.45, 2.75) is 46.2 Å². The number of hydrogen-bond donors (Lipinski definition) is 2. The normalized spacial score (nSPS) is 15.5. The molecular weight excluding hydrogens is 450 g/mol. The Labute approximate surface area is 204 Å². The molecule has 3 rings (SSSR count). The highest BCUT2D eigenvalue weighted by Crippen LogP contribution is 2.26. The van der Waals surface area contributed by atoms with Crippen LogP contribution in [-0.4, -0.2) is 47.5 Å². The molecule has 9 nitrogen and oxygen atoms in total. The molecule has 0 saturated carbocycles. The third-order valence-corrected chi connectivity index (χ3v) is 5.54. The van der Waals surface area contributed by atoms with Crippen molar-refractivity contribution < 1.29 is 28.7 Å². The minimum Gasteiger partial charge on any atom is -0.434 e. The minimum atomic E-state index is -0.806. The minimum absolute atomic E-state index is 0.0113. The molecule has 1 heterocycles. The van der Waals surface area contributed by atoms with Gasteiger partial charge in [-0.05, 0) is 69.7 Å². The summed E-state index contributed by atoms with van der Waals surface area (Å²) in [7, 11) is 0. The second kappa shape index (κ2) is 11.0. The second-order valence-corrected chi connectivity index (χ2v) is 9.26. The number of rotatable bonds is 7. The fraction of sp³-hybridized carbons (Fsp3) is 0.385. The molecule has 0 radical (unpaired) electrons. The SMILES string of the molecule is CCOC(=O)Oc1ccc(C(=O)Nc2cccc(CNC(=O)C3CC(=O)N(C(C)(C)C)C3)c2)cc1. The van der Waals surface area contributed by atoms with E-state index in [9.17, 15) is 19.2 Å². The second-order valence-electron chi connectivity index (χ2n) is 9.26. The maximum atomic E-state index is 12.6. The lowest BCUT2D eigenvalue weighted by Crippen LogP contribution is -2.43. The molecule has 0 spiro atoms. The van der Waals surface area contributed by atoms with E-state index in [4.69, 9.17) is 9.47 Å². The molecule has 2 N–H and O–H groups in total. The molecule has 2 aromatic carbocycles. The fourth-order valence-corrected chi connectivity index (χ4v) is 3.75. The van der Waals surface area contributed by atoms with E-state index in [1.54, 1.807) is 30.0 Å². The van der Waals surface area contributed by atoms with Gasteiger partial charge < -0.3 is 25.0 Å². The van der Waals surface area contributed by atoms with Gasteiger partial charge in [-0.3, -0.25) is 14.4 Å². The number of nitrogens with one attached hydrogen (secondary N) is 2. The lowest BCUT2D eigenvalue weighted by molar-refractivity contribution is -0.132. The van der Waals surface area contributed by atoms with E-state index in [2.05, 4.69) is 10.6 Å². The molecule has 35 heavy (non-hydrogen) atoms. The Morgan fingerprint density at radius 3 is 2.43 bits per heavy atom. The van der Waals surface area contributed by atoms with Gasteiger partial charge in [0.2, 0.25) is 11.8 Å². The molecule has 3 amide bonds. The molecule has 2 aromatic rings. The first-order valence-electron chi connectivity index (χ1n) is 11.5. The van der Waals surface area contributed by atoms with Crippen LogP contribution in [0.2, 0.25) is 0 Å². The van der Waals surface area contributed by atoms with Crippen LogP contribution < -0.4 is 15.4 Å². The number of likely N-dealkylation sites (tertiary alicyclic amines) is 1. The van der Waals surface area contributed by atoms with Crippen molar-refractivity contribution in [1.29, 1.82) is 0 Å². The first kappa shape index (κ1) is 25.7. The molecule has 0 aromatic heterocycles. The maximum Gasteiger partial charge on any atom is 0.513 e. The van der Waals surface area contributed by atoms with Crippen molar-refractivity contribution in [3.8, 4) is 5.75 Å². The van der Waals surface area contributed by atoms with Gasteiger partial charge in [0.05, 0.1) is 12.5 Å². The van der Waals surface area contributed by atoms with Crippen molar-refractivity contribution in [3.05, 3.63) is 59.7 Å². The van der Waals surface area contributed by atoms with Crippen LogP contribution in [0.5, 0.6) is 5.75 Å². The van der Waals surface area contributed by atoms with Crippen LogP contribution in [0.4, 0.5) is 10.5 Å². The average molecular weight is 482 g/mol. The number of carbonyl (C=O) groups excluding carboxylic acids is 4. The molecular formula is C26H31N3O6. The van der Waals surface area contributed by atoms with Gasteiger partial charge in [-0.1, -0.05) is 12.1 Å². The summed E-state index contributed by atoms with van der Waals surface area (Å²) in [6.45, 7) is 8.44. The molecule has 0 aliphatic carbocycles. The van der Waals surface area contributed by atoms with Crippen LogP contribution in [-0.2, 0) is 20.9 Å². The Morgan fingerprint density at radius 1 is 1.09 bits per heavy atom. The molecule has 9 heteroatoms. The number of anilines is 1. The lowest BCUT2D eigenvalue weighted by atomic mass is 10.1. The Balaban J connectivity index is 1.53. The van der Waals surface area contributed by atoms with Crippen LogP contribution in [0.3, 0.4) is 0 Å². The summed E-state index contributed by atoms with van der Waals surface area (Å²) in [6, 6.07) is 13.2. The van der Waals surface area contributed by atoms with E-state index in [1.807, 2.05) is 26.8 Å². The molecule has 1 saturated heterocycles. The third-order valence-electron chi connectivity index (χ3n) is 5.54. The molecule has 1 fully saturated rings. The van der Waals surface area contributed by atoms with Gasteiger partial charge >= 0.3 is 6.16 Å². The summed E-state index contributed by atoms with van der Waals surface area (Å²) in [6.07, 6.45) is -0.595. The topological polar surface area (TPSA) is 114 Å². The quantitative estimate of drug-likeness (QED) is 0.460. The van der Waals surface area contributed by atoms with Gasteiger partial charge in [0, 0.05) is 36.3 Å². The zero-order valence-electron chi connectivity index (χ0n) is 20.4. The van der Waals surface area contributed by atoms with E-state index in [-0.39, 0.29) is 54.5 Å². The zero-order chi connectivity index (χ0) is 25.6. The van der Waals surface area contributed by atoms with Crippen molar-refractivity contribution in [2.75, 3.05) is 18.5 Å². The third kappa shape index (κ3) is 7.05. The number of ether oxygens (including phenoxy) is 2. The highest BCUT2D eigenvalue weighted by molar-refractivity contribution is 6.04. The van der Waals surface area contributed by atoms with Gasteiger partial charge in [0.1, 0.15) is 5.75 Å². The highest BCUT2D eigenvalue weighted by Gasteiger charge is 2.39. The number of amides is 3. The summed E-state index contributed by atoms with van der Waals surface area (Å²) < 4.78 is 9.70. The van der Waals surface area contributed by atoms with Crippen LogP contribution in [0.1, 0.15) is 50.0 Å². The molecule has 0 bridgehead atoms. The van der Waals surface area contributed by atoms with Gasteiger partial charge in [-0.2, -0.15) is 0 Å². The van der Waals surface area contributed by atoms with Crippen molar-refractivity contribution in [1.82, 2.24) is 10.2 Å². The number of nitrogens with zero attached hydrogens (tertiary/aromatic N) is 1. The first-order valence-corrected chi connectivity index (χ1v) is 11.5. The van der Waals surface area contributed by atoms with Crippen molar-refractivity contribution in [3.63, 3.8) is 0 Å². The molecule has 1 unspecified atom stereocenters. The zero-order valence-corrected chi connectivity index (χ0v) is 20.4. The Hall–Kier alpha value is -3.88. The van der Waals surface area contributed by atoms with E-state index >= 15 is 0 Å². The van der Waals surface area contributed by atoms with Gasteiger partial charge in [0.25, 0.3) is 5.91 Å². The molecule has 1 aliphatic heterocycles. The molecule has 1 atom stereocenters. The van der Waals surface area contributed by atoms with Crippen molar-refractivity contribution in [2.24, 2.45) is 5.92 Å². The van der Waals surface area contributed by atoms with Crippen LogP contribution in [0.25, 0.3) is 0 Å². The first-order chi connectivity index (χ1) is 16.6. The standard InChI is InChI=1S/C26H31N3O6/c1-5-34-25(33)35-21-11-9-18(10-12-21)24(32)28-20-8-6-7-17(13-20)15-27-23(31)19-14-22(30)29(16-19)26(2,3)4/h6-13,19H,5,14-16H2,1-4H3,(H,27,31)(H,28,32). The fourth-order valence-electron chi connectivity index (χ4n) is 3.75. The Morgan fingerprint density at radius 2 is 1.80 bits per heavy atom. The Bertz CT molecular complexity index is 1090. The predicted molar refractivity (Wildman–Crippen MR) is 130 cm³/mol. The maximum absolute atomic E-state index is 12.6.